The number of fused-ring (bicyclic) bond motifs is 1. The molecule has 0 radical (unpaired) electrons. The van der Waals surface area contributed by atoms with Crippen molar-refractivity contribution in [2.45, 2.75) is 0 Å². The molecule has 2 aromatic rings. The summed E-state index contributed by atoms with van der Waals surface area (Å²) in [5.74, 6) is 0.602. The van der Waals surface area contributed by atoms with E-state index < -0.39 is 0 Å². The zero-order valence-corrected chi connectivity index (χ0v) is 11.0. The maximum Gasteiger partial charge on any atom is 0.178 e. The van der Waals surface area contributed by atoms with E-state index in [0.717, 1.165) is 11.0 Å². The molecule has 0 fully saturated rings. The number of rotatable bonds is 5. The fraction of sp³-hybridized carbons (Fsp3) is 0. The first-order chi connectivity index (χ1) is 9.11. The molecular formula is C14H13ClN4. The van der Waals surface area contributed by atoms with E-state index in [0.29, 0.717) is 22.1 Å². The smallest absolute Gasteiger partial charge is 0.178 e. The lowest BCUT2D eigenvalue weighted by Gasteiger charge is -2.04. The molecule has 2 heterocycles. The van der Waals surface area contributed by atoms with Crippen molar-refractivity contribution in [3.8, 4) is 0 Å². The van der Waals surface area contributed by atoms with E-state index in [9.17, 15) is 0 Å². The molecule has 0 saturated carbocycles. The Balaban J connectivity index is 2.20. The SMILES string of the molecule is C=CC(=C)/C(Cl)=C\C(=C)Nc1n[nH]c2cccnc12. The molecule has 0 aliphatic heterocycles. The van der Waals surface area contributed by atoms with E-state index in [4.69, 9.17) is 11.6 Å². The number of nitrogens with one attached hydrogen (secondary N) is 2. The molecule has 2 rings (SSSR count). The maximum absolute atomic E-state index is 6.03. The van der Waals surface area contributed by atoms with Gasteiger partial charge in [-0.15, -0.1) is 0 Å². The van der Waals surface area contributed by atoms with Crippen LogP contribution in [-0.4, -0.2) is 15.2 Å². The third-order valence-corrected chi connectivity index (χ3v) is 2.81. The second kappa shape index (κ2) is 5.54. The van der Waals surface area contributed by atoms with Crippen LogP contribution in [0.15, 0.2) is 66.5 Å². The minimum atomic E-state index is 0.473. The zero-order valence-electron chi connectivity index (χ0n) is 10.3. The summed E-state index contributed by atoms with van der Waals surface area (Å²) in [5.41, 5.74) is 2.82. The van der Waals surface area contributed by atoms with Gasteiger partial charge in [0.05, 0.1) is 5.52 Å². The fourth-order valence-corrected chi connectivity index (χ4v) is 1.68. The summed E-state index contributed by atoms with van der Waals surface area (Å²) in [6, 6.07) is 3.73. The fourth-order valence-electron chi connectivity index (χ4n) is 1.47. The number of halogens is 1. The van der Waals surface area contributed by atoms with Crippen LogP contribution >= 0.6 is 11.6 Å². The number of hydrogen-bond acceptors (Lipinski definition) is 3. The molecule has 96 valence electrons. The summed E-state index contributed by atoms with van der Waals surface area (Å²) in [6.45, 7) is 11.2. The maximum atomic E-state index is 6.03. The first-order valence-corrected chi connectivity index (χ1v) is 5.93. The van der Waals surface area contributed by atoms with E-state index in [1.807, 2.05) is 12.1 Å². The van der Waals surface area contributed by atoms with Gasteiger partial charge in [-0.25, -0.2) is 0 Å². The van der Waals surface area contributed by atoms with Crippen LogP contribution in [0, 0.1) is 0 Å². The highest BCUT2D eigenvalue weighted by atomic mass is 35.5. The van der Waals surface area contributed by atoms with Crippen molar-refractivity contribution in [3.05, 3.63) is 66.5 Å². The summed E-state index contributed by atoms with van der Waals surface area (Å²) in [6.07, 6.45) is 4.95. The molecule has 0 unspecified atom stereocenters. The topological polar surface area (TPSA) is 53.6 Å². The van der Waals surface area contributed by atoms with E-state index in [2.05, 4.69) is 40.2 Å². The van der Waals surface area contributed by atoms with Gasteiger partial charge in [-0.05, 0) is 23.8 Å². The van der Waals surface area contributed by atoms with Gasteiger partial charge in [0.2, 0.25) is 0 Å². The molecule has 0 aliphatic carbocycles. The predicted molar refractivity (Wildman–Crippen MR) is 79.9 cm³/mol. The Hall–Kier alpha value is -2.33. The number of aromatic amines is 1. The Labute approximate surface area is 116 Å². The van der Waals surface area contributed by atoms with Crippen LogP contribution in [0.3, 0.4) is 0 Å². The van der Waals surface area contributed by atoms with Crippen molar-refractivity contribution < 1.29 is 0 Å². The van der Waals surface area contributed by atoms with E-state index in [-0.39, 0.29) is 0 Å². The number of allylic oxidation sites excluding steroid dienone is 4. The molecule has 0 aromatic carbocycles. The highest BCUT2D eigenvalue weighted by molar-refractivity contribution is 6.32. The largest absolute Gasteiger partial charge is 0.337 e. The number of pyridine rings is 1. The summed E-state index contributed by atoms with van der Waals surface area (Å²) in [4.78, 5) is 4.24. The Morgan fingerprint density at radius 3 is 2.95 bits per heavy atom. The number of anilines is 1. The molecule has 0 saturated heterocycles. The van der Waals surface area contributed by atoms with Crippen molar-refractivity contribution in [2.24, 2.45) is 0 Å². The van der Waals surface area contributed by atoms with Crippen LogP contribution in [0.1, 0.15) is 0 Å². The van der Waals surface area contributed by atoms with Gasteiger partial charge >= 0.3 is 0 Å². The normalized spacial score (nSPS) is 11.3. The number of nitrogens with zero attached hydrogens (tertiary/aromatic N) is 2. The molecule has 19 heavy (non-hydrogen) atoms. The van der Waals surface area contributed by atoms with Crippen LogP contribution in [0.2, 0.25) is 0 Å². The van der Waals surface area contributed by atoms with Gasteiger partial charge in [-0.1, -0.05) is 37.4 Å². The first kappa shape index (κ1) is 13.1. The Kier molecular flexibility index (Phi) is 3.82. The van der Waals surface area contributed by atoms with Crippen LogP contribution < -0.4 is 5.32 Å². The molecule has 2 aromatic heterocycles. The van der Waals surface area contributed by atoms with Crippen molar-refractivity contribution >= 4 is 28.5 Å². The van der Waals surface area contributed by atoms with Crippen molar-refractivity contribution in [1.29, 1.82) is 0 Å². The van der Waals surface area contributed by atoms with Gasteiger partial charge in [-0.2, -0.15) is 5.10 Å². The first-order valence-electron chi connectivity index (χ1n) is 5.55. The molecule has 0 atom stereocenters. The van der Waals surface area contributed by atoms with E-state index in [1.54, 1.807) is 18.3 Å². The van der Waals surface area contributed by atoms with Crippen LogP contribution in [0.25, 0.3) is 11.0 Å². The summed E-state index contributed by atoms with van der Waals surface area (Å²) < 4.78 is 0. The highest BCUT2D eigenvalue weighted by Gasteiger charge is 2.06. The molecule has 2 N–H and O–H groups in total. The van der Waals surface area contributed by atoms with Gasteiger partial charge in [0.25, 0.3) is 0 Å². The van der Waals surface area contributed by atoms with Gasteiger partial charge < -0.3 is 5.32 Å². The lowest BCUT2D eigenvalue weighted by atomic mass is 10.2. The minimum absolute atomic E-state index is 0.473. The average Bonchev–Trinajstić information content (AvgIpc) is 2.81. The zero-order chi connectivity index (χ0) is 13.8. The summed E-state index contributed by atoms with van der Waals surface area (Å²) >= 11 is 6.03. The van der Waals surface area contributed by atoms with Crippen LogP contribution in [0.4, 0.5) is 5.82 Å². The summed E-state index contributed by atoms with van der Waals surface area (Å²) in [5, 5.41) is 10.5. The van der Waals surface area contributed by atoms with Gasteiger partial charge in [-0.3, -0.25) is 10.1 Å². The average molecular weight is 273 g/mol. The van der Waals surface area contributed by atoms with Crippen molar-refractivity contribution in [1.82, 2.24) is 15.2 Å². The predicted octanol–water partition coefficient (Wildman–Crippen LogP) is 3.75. The van der Waals surface area contributed by atoms with Gasteiger partial charge in [0.15, 0.2) is 5.82 Å². The standard InChI is InChI=1S/C14H13ClN4/c1-4-9(2)11(15)8-10(3)17-14-13-12(18-19-14)6-5-7-16-13/h4-8H,1-3H2,(H2,17,18,19)/b11-8+. The second-order valence-electron chi connectivity index (χ2n) is 3.84. The second-order valence-corrected chi connectivity index (χ2v) is 4.25. The molecule has 0 amide bonds. The number of hydrogen-bond donors (Lipinski definition) is 2. The summed E-state index contributed by atoms with van der Waals surface area (Å²) in [7, 11) is 0. The third-order valence-electron chi connectivity index (χ3n) is 2.45. The molecule has 4 nitrogen and oxygen atoms in total. The van der Waals surface area contributed by atoms with Crippen LogP contribution in [0.5, 0.6) is 0 Å². The lowest BCUT2D eigenvalue weighted by Crippen LogP contribution is -1.97. The number of aromatic nitrogens is 3. The van der Waals surface area contributed by atoms with Gasteiger partial charge in [0.1, 0.15) is 5.52 Å². The van der Waals surface area contributed by atoms with E-state index in [1.165, 1.54) is 0 Å². The quantitative estimate of drug-likeness (QED) is 0.815. The van der Waals surface area contributed by atoms with Crippen molar-refractivity contribution in [3.63, 3.8) is 0 Å². The monoisotopic (exact) mass is 272 g/mol. The van der Waals surface area contributed by atoms with Gasteiger partial charge in [0, 0.05) is 16.9 Å². The minimum Gasteiger partial charge on any atom is -0.337 e. The van der Waals surface area contributed by atoms with Crippen molar-refractivity contribution in [2.75, 3.05) is 5.32 Å². The third kappa shape index (κ3) is 2.92. The molecular weight excluding hydrogens is 260 g/mol. The molecule has 0 bridgehead atoms. The number of H-pyrrole nitrogens is 1. The van der Waals surface area contributed by atoms with E-state index >= 15 is 0 Å². The van der Waals surface area contributed by atoms with Crippen LogP contribution in [-0.2, 0) is 0 Å². The Morgan fingerprint density at radius 1 is 1.42 bits per heavy atom. The Morgan fingerprint density at radius 2 is 2.21 bits per heavy atom. The Bertz CT molecular complexity index is 682. The molecule has 0 aliphatic rings. The molecule has 0 spiro atoms. The highest BCUT2D eigenvalue weighted by Crippen LogP contribution is 2.20. The lowest BCUT2D eigenvalue weighted by molar-refractivity contribution is 1.12. The molecule has 5 heteroatoms.